The predicted molar refractivity (Wildman–Crippen MR) is 86.5 cm³/mol. The Hall–Kier alpha value is -1.85. The van der Waals surface area contributed by atoms with Crippen molar-refractivity contribution in [3.05, 3.63) is 52.7 Å². The zero-order valence-electron chi connectivity index (χ0n) is 12.2. The molecule has 0 aliphatic heterocycles. The van der Waals surface area contributed by atoms with Crippen LogP contribution in [0.5, 0.6) is 0 Å². The van der Waals surface area contributed by atoms with E-state index in [1.54, 1.807) is 0 Å². The summed E-state index contributed by atoms with van der Waals surface area (Å²) in [6, 6.07) is 12.7. The lowest BCUT2D eigenvalue weighted by Crippen LogP contribution is -2.19. The van der Waals surface area contributed by atoms with Crippen molar-refractivity contribution in [3.63, 3.8) is 0 Å². The molecule has 3 rings (SSSR count). The molecular formula is C16H18N4S. The second-order valence-corrected chi connectivity index (χ2v) is 5.76. The molecule has 4 nitrogen and oxygen atoms in total. The van der Waals surface area contributed by atoms with E-state index in [1.807, 2.05) is 19.2 Å². The van der Waals surface area contributed by atoms with E-state index >= 15 is 0 Å². The minimum atomic E-state index is 0.216. The lowest BCUT2D eigenvalue weighted by molar-refractivity contribution is 0.588. The summed E-state index contributed by atoms with van der Waals surface area (Å²) in [6.07, 6.45) is 1.76. The first-order valence-corrected chi connectivity index (χ1v) is 7.92. The Morgan fingerprint density at radius 2 is 2.05 bits per heavy atom. The van der Waals surface area contributed by atoms with Crippen LogP contribution in [0.25, 0.3) is 10.9 Å². The second kappa shape index (κ2) is 6.28. The topological polar surface area (TPSA) is 50.7 Å². The number of aryl methyl sites for hydroxylation is 1. The maximum Gasteiger partial charge on any atom is 0.0801 e. The van der Waals surface area contributed by atoms with Gasteiger partial charge in [-0.25, -0.2) is 0 Å². The number of para-hydroxylation sites is 1. The molecule has 2 aromatic heterocycles. The summed E-state index contributed by atoms with van der Waals surface area (Å²) in [5.74, 6) is 0. The fourth-order valence-electron chi connectivity index (χ4n) is 2.48. The van der Waals surface area contributed by atoms with Crippen LogP contribution in [0.2, 0.25) is 0 Å². The normalized spacial score (nSPS) is 12.7. The first kappa shape index (κ1) is 14.1. The smallest absolute Gasteiger partial charge is 0.0801 e. The zero-order chi connectivity index (χ0) is 14.7. The van der Waals surface area contributed by atoms with Gasteiger partial charge in [0.05, 0.1) is 22.1 Å². The van der Waals surface area contributed by atoms with Gasteiger partial charge in [-0.3, -0.25) is 4.98 Å². The molecule has 0 bridgehead atoms. The summed E-state index contributed by atoms with van der Waals surface area (Å²) in [6.45, 7) is 2.11. The number of benzene rings is 1. The summed E-state index contributed by atoms with van der Waals surface area (Å²) in [4.78, 5) is 5.97. The number of nitrogens with one attached hydrogen (secondary N) is 1. The quantitative estimate of drug-likeness (QED) is 0.786. The van der Waals surface area contributed by atoms with Crippen molar-refractivity contribution >= 4 is 22.4 Å². The molecule has 0 aliphatic carbocycles. The number of hydrogen-bond donors (Lipinski definition) is 1. The number of pyridine rings is 1. The van der Waals surface area contributed by atoms with Gasteiger partial charge in [0.1, 0.15) is 0 Å². The van der Waals surface area contributed by atoms with Gasteiger partial charge in [0, 0.05) is 17.5 Å². The molecule has 1 unspecified atom stereocenters. The number of fused-ring (bicyclic) bond motifs is 1. The van der Waals surface area contributed by atoms with Crippen molar-refractivity contribution in [2.75, 3.05) is 7.05 Å². The fraction of sp³-hybridized carbons (Fsp3) is 0.312. The van der Waals surface area contributed by atoms with Crippen LogP contribution < -0.4 is 5.32 Å². The van der Waals surface area contributed by atoms with Gasteiger partial charge < -0.3 is 5.32 Å². The van der Waals surface area contributed by atoms with E-state index in [2.05, 4.69) is 46.1 Å². The molecule has 0 saturated carbocycles. The second-order valence-electron chi connectivity index (χ2n) is 4.98. The summed E-state index contributed by atoms with van der Waals surface area (Å²) >= 11 is 1.48. The number of rotatable bonds is 5. The molecule has 0 amide bonds. The molecule has 108 valence electrons. The van der Waals surface area contributed by atoms with E-state index < -0.39 is 0 Å². The van der Waals surface area contributed by atoms with Gasteiger partial charge in [-0.15, -0.1) is 5.10 Å². The first-order chi connectivity index (χ1) is 10.3. The third-order valence-corrected chi connectivity index (χ3v) is 4.53. The van der Waals surface area contributed by atoms with Crippen LogP contribution in [0.4, 0.5) is 0 Å². The van der Waals surface area contributed by atoms with E-state index in [4.69, 9.17) is 4.98 Å². The maximum atomic E-state index is 4.75. The average Bonchev–Trinajstić information content (AvgIpc) is 3.01. The van der Waals surface area contributed by atoms with Crippen molar-refractivity contribution in [1.29, 1.82) is 0 Å². The van der Waals surface area contributed by atoms with E-state index in [9.17, 15) is 0 Å². The predicted octanol–water partition coefficient (Wildman–Crippen LogP) is 3.15. The van der Waals surface area contributed by atoms with Crippen molar-refractivity contribution in [2.24, 2.45) is 0 Å². The molecule has 0 saturated heterocycles. The van der Waals surface area contributed by atoms with Crippen molar-refractivity contribution < 1.29 is 0 Å². The molecule has 2 heterocycles. The van der Waals surface area contributed by atoms with Gasteiger partial charge in [0.15, 0.2) is 0 Å². The van der Waals surface area contributed by atoms with Gasteiger partial charge in [-0.1, -0.05) is 35.7 Å². The van der Waals surface area contributed by atoms with Gasteiger partial charge >= 0.3 is 0 Å². The third-order valence-electron chi connectivity index (χ3n) is 3.65. The highest BCUT2D eigenvalue weighted by molar-refractivity contribution is 7.05. The van der Waals surface area contributed by atoms with E-state index in [-0.39, 0.29) is 6.04 Å². The highest BCUT2D eigenvalue weighted by atomic mass is 32.1. The van der Waals surface area contributed by atoms with Crippen molar-refractivity contribution in [3.8, 4) is 0 Å². The average molecular weight is 298 g/mol. The van der Waals surface area contributed by atoms with Crippen LogP contribution in [-0.2, 0) is 12.8 Å². The minimum absolute atomic E-state index is 0.216. The number of nitrogens with zero attached hydrogens (tertiary/aromatic N) is 3. The number of likely N-dealkylation sites (N-methyl/N-ethyl adjacent to an activating group) is 1. The van der Waals surface area contributed by atoms with Gasteiger partial charge in [-0.05, 0) is 37.1 Å². The lowest BCUT2D eigenvalue weighted by atomic mass is 10.1. The molecule has 5 heteroatoms. The summed E-state index contributed by atoms with van der Waals surface area (Å²) in [5.41, 5.74) is 3.21. The highest BCUT2D eigenvalue weighted by Gasteiger charge is 2.18. The largest absolute Gasteiger partial charge is 0.312 e. The Labute approximate surface area is 128 Å². The van der Waals surface area contributed by atoms with Crippen LogP contribution in [0.3, 0.4) is 0 Å². The van der Waals surface area contributed by atoms with Crippen LogP contribution >= 0.6 is 11.5 Å². The molecule has 0 aliphatic rings. The van der Waals surface area contributed by atoms with Gasteiger partial charge in [-0.2, -0.15) is 0 Å². The fourth-order valence-corrected chi connectivity index (χ4v) is 3.33. The lowest BCUT2D eigenvalue weighted by Gasteiger charge is -2.15. The number of aromatic nitrogens is 3. The Morgan fingerprint density at radius 3 is 2.86 bits per heavy atom. The Bertz CT molecular complexity index is 738. The van der Waals surface area contributed by atoms with E-state index in [0.29, 0.717) is 0 Å². The van der Waals surface area contributed by atoms with Gasteiger partial charge in [0.2, 0.25) is 0 Å². The van der Waals surface area contributed by atoms with E-state index in [0.717, 1.165) is 29.7 Å². The SMILES string of the molecule is CCc1nnsc1C(Cc1ccc2ccccc2n1)NC. The molecule has 0 radical (unpaired) electrons. The van der Waals surface area contributed by atoms with Crippen molar-refractivity contribution in [2.45, 2.75) is 25.8 Å². The molecule has 0 fully saturated rings. The third kappa shape index (κ3) is 2.94. The standard InChI is InChI=1S/C16H18N4S/c1-3-13-16(21-20-19-13)15(17-2)10-12-9-8-11-6-4-5-7-14(11)18-12/h4-9,15,17H,3,10H2,1-2H3. The van der Waals surface area contributed by atoms with E-state index in [1.165, 1.54) is 21.8 Å². The molecule has 1 N–H and O–H groups in total. The monoisotopic (exact) mass is 298 g/mol. The van der Waals surface area contributed by atoms with Crippen LogP contribution in [0, 0.1) is 0 Å². The summed E-state index contributed by atoms with van der Waals surface area (Å²) < 4.78 is 4.08. The molecule has 0 spiro atoms. The summed E-state index contributed by atoms with van der Waals surface area (Å²) in [5, 5.41) is 8.75. The Kier molecular flexibility index (Phi) is 4.22. The van der Waals surface area contributed by atoms with Crippen molar-refractivity contribution in [1.82, 2.24) is 19.9 Å². The van der Waals surface area contributed by atoms with Crippen LogP contribution in [0.15, 0.2) is 36.4 Å². The Balaban J connectivity index is 1.88. The zero-order valence-corrected chi connectivity index (χ0v) is 13.0. The molecule has 1 atom stereocenters. The molecular weight excluding hydrogens is 280 g/mol. The molecule has 1 aromatic carbocycles. The summed E-state index contributed by atoms with van der Waals surface area (Å²) in [7, 11) is 1.98. The number of hydrogen-bond acceptors (Lipinski definition) is 5. The molecule has 21 heavy (non-hydrogen) atoms. The Morgan fingerprint density at radius 1 is 1.19 bits per heavy atom. The first-order valence-electron chi connectivity index (χ1n) is 7.15. The highest BCUT2D eigenvalue weighted by Crippen LogP contribution is 2.24. The van der Waals surface area contributed by atoms with Gasteiger partial charge in [0.25, 0.3) is 0 Å². The van der Waals surface area contributed by atoms with Crippen LogP contribution in [0.1, 0.15) is 29.2 Å². The maximum absolute atomic E-state index is 4.75. The molecule has 3 aromatic rings. The minimum Gasteiger partial charge on any atom is -0.312 e. The van der Waals surface area contributed by atoms with Crippen LogP contribution in [-0.4, -0.2) is 21.6 Å².